The molecule has 4 heterocycles. The number of aryl methyl sites for hydroxylation is 1. The number of carbonyl (C=O) groups is 1. The molecule has 3 aromatic heterocycles. The molecule has 4 rings (SSSR count). The van der Waals surface area contributed by atoms with Gasteiger partial charge in [-0.25, -0.2) is 15.0 Å². The van der Waals surface area contributed by atoms with Gasteiger partial charge in [-0.05, 0) is 42.8 Å². The second-order valence-corrected chi connectivity index (χ2v) is 6.74. The third kappa shape index (κ3) is 4.48. The minimum absolute atomic E-state index is 0.117. The van der Waals surface area contributed by atoms with Gasteiger partial charge in [0.25, 0.3) is 5.91 Å². The van der Waals surface area contributed by atoms with Crippen LogP contribution in [0.4, 0.5) is 5.82 Å². The third-order valence-electron chi connectivity index (χ3n) is 4.77. The summed E-state index contributed by atoms with van der Waals surface area (Å²) < 4.78 is 5.87. The smallest absolute Gasteiger partial charge is 0.276 e. The fraction of sp³-hybridized carbons (Fsp3) is 0.286. The number of hydrogen-bond acceptors (Lipinski definition) is 7. The summed E-state index contributed by atoms with van der Waals surface area (Å²) in [5.74, 6) is 2.01. The minimum Gasteiger partial charge on any atom is -0.486 e. The maximum Gasteiger partial charge on any atom is 0.276 e. The van der Waals surface area contributed by atoms with E-state index in [4.69, 9.17) is 4.74 Å². The van der Waals surface area contributed by atoms with Gasteiger partial charge in [-0.3, -0.25) is 9.78 Å². The molecule has 0 radical (unpaired) electrons. The number of pyridine rings is 2. The highest BCUT2D eigenvalue weighted by molar-refractivity contribution is 5.95. The average Bonchev–Trinajstić information content (AvgIpc) is 2.78. The molecule has 0 unspecified atom stereocenters. The van der Waals surface area contributed by atoms with E-state index in [1.165, 1.54) is 0 Å². The van der Waals surface area contributed by atoms with Crippen LogP contribution in [0, 0.1) is 6.92 Å². The Balaban J connectivity index is 1.41. The van der Waals surface area contributed by atoms with E-state index in [-0.39, 0.29) is 5.91 Å². The molecule has 0 saturated carbocycles. The van der Waals surface area contributed by atoms with Crippen molar-refractivity contribution in [3.63, 3.8) is 0 Å². The Hall–Kier alpha value is -3.55. The van der Waals surface area contributed by atoms with Gasteiger partial charge in [-0.15, -0.1) is 0 Å². The summed E-state index contributed by atoms with van der Waals surface area (Å²) >= 11 is 0. The number of anilines is 1. The molecule has 1 fully saturated rings. The monoisotopic (exact) mass is 390 g/mol. The Bertz CT molecular complexity index is 974. The quantitative estimate of drug-likeness (QED) is 0.660. The Kier molecular flexibility index (Phi) is 5.60. The zero-order valence-corrected chi connectivity index (χ0v) is 16.2. The minimum atomic E-state index is -0.117. The molecule has 1 aliphatic heterocycles. The van der Waals surface area contributed by atoms with Gasteiger partial charge < -0.3 is 14.5 Å². The zero-order chi connectivity index (χ0) is 20.1. The Labute approximate surface area is 169 Å². The molecule has 8 nitrogen and oxygen atoms in total. The number of piperazine rings is 1. The van der Waals surface area contributed by atoms with Crippen molar-refractivity contribution in [2.24, 2.45) is 0 Å². The van der Waals surface area contributed by atoms with Crippen LogP contribution >= 0.6 is 0 Å². The zero-order valence-electron chi connectivity index (χ0n) is 16.2. The second kappa shape index (κ2) is 8.64. The molecule has 3 aromatic rings. The topological polar surface area (TPSA) is 84.3 Å². The van der Waals surface area contributed by atoms with Gasteiger partial charge in [0.15, 0.2) is 11.4 Å². The summed E-state index contributed by atoms with van der Waals surface area (Å²) in [7, 11) is 0. The summed E-state index contributed by atoms with van der Waals surface area (Å²) in [6, 6.07) is 9.21. The van der Waals surface area contributed by atoms with E-state index in [1.807, 2.05) is 30.0 Å². The third-order valence-corrected chi connectivity index (χ3v) is 4.77. The van der Waals surface area contributed by atoms with Crippen molar-refractivity contribution in [2.75, 3.05) is 31.1 Å². The highest BCUT2D eigenvalue weighted by Crippen LogP contribution is 2.21. The predicted molar refractivity (Wildman–Crippen MR) is 108 cm³/mol. The lowest BCUT2D eigenvalue weighted by Gasteiger charge is -2.35. The first-order chi connectivity index (χ1) is 14.2. The summed E-state index contributed by atoms with van der Waals surface area (Å²) in [4.78, 5) is 33.9. The number of nitrogens with zero attached hydrogens (tertiary/aromatic N) is 6. The van der Waals surface area contributed by atoms with Crippen molar-refractivity contribution in [3.05, 3.63) is 72.2 Å². The van der Waals surface area contributed by atoms with E-state index >= 15 is 0 Å². The van der Waals surface area contributed by atoms with Crippen LogP contribution < -0.4 is 9.64 Å². The second-order valence-electron chi connectivity index (χ2n) is 6.74. The lowest BCUT2D eigenvalue weighted by Crippen LogP contribution is -2.49. The first-order valence-electron chi connectivity index (χ1n) is 9.51. The summed E-state index contributed by atoms with van der Waals surface area (Å²) in [6.45, 7) is 4.85. The van der Waals surface area contributed by atoms with Crippen LogP contribution in [-0.4, -0.2) is 56.9 Å². The lowest BCUT2D eigenvalue weighted by atomic mass is 10.2. The Morgan fingerprint density at radius 2 is 1.79 bits per heavy atom. The number of amides is 1. The van der Waals surface area contributed by atoms with Gasteiger partial charge in [0.2, 0.25) is 0 Å². The highest BCUT2D eigenvalue weighted by Gasteiger charge is 2.26. The normalized spacial score (nSPS) is 14.0. The van der Waals surface area contributed by atoms with Gasteiger partial charge in [0, 0.05) is 51.0 Å². The molecule has 0 spiro atoms. The van der Waals surface area contributed by atoms with Crippen LogP contribution in [0.15, 0.2) is 55.1 Å². The van der Waals surface area contributed by atoms with Crippen molar-refractivity contribution < 1.29 is 9.53 Å². The molecule has 148 valence electrons. The van der Waals surface area contributed by atoms with Gasteiger partial charge in [-0.2, -0.15) is 0 Å². The first kappa shape index (κ1) is 18.8. The molecule has 0 bridgehead atoms. The fourth-order valence-corrected chi connectivity index (χ4v) is 3.22. The highest BCUT2D eigenvalue weighted by atomic mass is 16.5. The van der Waals surface area contributed by atoms with Crippen LogP contribution in [0.25, 0.3) is 0 Å². The van der Waals surface area contributed by atoms with E-state index in [0.29, 0.717) is 44.2 Å². The van der Waals surface area contributed by atoms with Crippen molar-refractivity contribution in [3.8, 4) is 5.75 Å². The number of aromatic nitrogens is 4. The van der Waals surface area contributed by atoms with E-state index in [0.717, 1.165) is 17.2 Å². The van der Waals surface area contributed by atoms with Crippen molar-refractivity contribution in [2.45, 2.75) is 13.5 Å². The number of hydrogen-bond donors (Lipinski definition) is 0. The van der Waals surface area contributed by atoms with E-state index in [2.05, 4.69) is 24.8 Å². The Morgan fingerprint density at radius 3 is 2.55 bits per heavy atom. The van der Waals surface area contributed by atoms with Gasteiger partial charge in [0.05, 0.1) is 0 Å². The Morgan fingerprint density at radius 1 is 1.00 bits per heavy atom. The van der Waals surface area contributed by atoms with Crippen molar-refractivity contribution in [1.29, 1.82) is 0 Å². The first-order valence-corrected chi connectivity index (χ1v) is 9.51. The molecule has 0 aliphatic carbocycles. The molecule has 8 heteroatoms. The maximum atomic E-state index is 13.1. The van der Waals surface area contributed by atoms with E-state index in [9.17, 15) is 4.79 Å². The molecule has 1 saturated heterocycles. The van der Waals surface area contributed by atoms with Crippen LogP contribution in [-0.2, 0) is 6.61 Å². The van der Waals surface area contributed by atoms with Crippen molar-refractivity contribution >= 4 is 11.7 Å². The SMILES string of the molecule is Cc1nccc(N2CCN(C(=O)c3ncccc3OCc3ccncc3)CC2)n1. The van der Waals surface area contributed by atoms with Gasteiger partial charge in [-0.1, -0.05) is 0 Å². The van der Waals surface area contributed by atoms with Crippen LogP contribution in [0.3, 0.4) is 0 Å². The van der Waals surface area contributed by atoms with E-state index < -0.39 is 0 Å². The average molecular weight is 390 g/mol. The molecular formula is C21H22N6O2. The van der Waals surface area contributed by atoms with E-state index in [1.54, 1.807) is 36.9 Å². The van der Waals surface area contributed by atoms with Crippen LogP contribution in [0.2, 0.25) is 0 Å². The fourth-order valence-electron chi connectivity index (χ4n) is 3.22. The molecule has 0 atom stereocenters. The predicted octanol–water partition coefficient (Wildman–Crippen LogP) is 2.12. The van der Waals surface area contributed by atoms with Crippen molar-refractivity contribution in [1.82, 2.24) is 24.8 Å². The molecule has 0 aromatic carbocycles. The molecular weight excluding hydrogens is 368 g/mol. The molecule has 0 N–H and O–H groups in total. The van der Waals surface area contributed by atoms with Gasteiger partial charge >= 0.3 is 0 Å². The number of ether oxygens (including phenoxy) is 1. The van der Waals surface area contributed by atoms with Gasteiger partial charge in [0.1, 0.15) is 18.2 Å². The largest absolute Gasteiger partial charge is 0.486 e. The summed E-state index contributed by atoms with van der Waals surface area (Å²) in [5.41, 5.74) is 1.32. The maximum absolute atomic E-state index is 13.1. The van der Waals surface area contributed by atoms with Crippen LogP contribution in [0.1, 0.15) is 21.9 Å². The summed E-state index contributed by atoms with van der Waals surface area (Å²) in [6.07, 6.45) is 6.81. The van der Waals surface area contributed by atoms with Crippen LogP contribution in [0.5, 0.6) is 5.75 Å². The lowest BCUT2D eigenvalue weighted by molar-refractivity contribution is 0.0735. The number of carbonyl (C=O) groups excluding carboxylic acids is 1. The number of rotatable bonds is 5. The summed E-state index contributed by atoms with van der Waals surface area (Å²) in [5, 5.41) is 0. The standard InChI is InChI=1S/C21H22N6O2/c1-16-23-10-6-19(25-16)26-11-13-27(14-12-26)21(28)20-18(3-2-7-24-20)29-15-17-4-8-22-9-5-17/h2-10H,11-15H2,1H3. The molecule has 1 amide bonds. The molecule has 29 heavy (non-hydrogen) atoms. The molecule has 1 aliphatic rings.